The standard InChI is InChI=1S/C15H30N2O2/c1-12(2)5-9-19-10-8-17-14(18)15(13(3)4)6-7-16-11-15/h12-13,16H,5-11H2,1-4H3,(H,17,18). The molecule has 1 aliphatic rings. The number of carbonyl (C=O) groups excluding carboxylic acids is 1. The molecule has 1 fully saturated rings. The molecule has 0 bridgehead atoms. The van der Waals surface area contributed by atoms with Crippen molar-refractivity contribution in [3.8, 4) is 0 Å². The average Bonchev–Trinajstić information content (AvgIpc) is 2.83. The van der Waals surface area contributed by atoms with Crippen molar-refractivity contribution in [2.24, 2.45) is 17.3 Å². The van der Waals surface area contributed by atoms with Crippen molar-refractivity contribution in [2.45, 2.75) is 40.5 Å². The van der Waals surface area contributed by atoms with Crippen molar-refractivity contribution >= 4 is 5.91 Å². The van der Waals surface area contributed by atoms with Gasteiger partial charge in [-0.05, 0) is 31.2 Å². The fourth-order valence-electron chi connectivity index (χ4n) is 2.49. The fourth-order valence-corrected chi connectivity index (χ4v) is 2.49. The second-order valence-corrected chi connectivity index (χ2v) is 6.29. The van der Waals surface area contributed by atoms with E-state index in [1.54, 1.807) is 0 Å². The molecule has 2 N–H and O–H groups in total. The maximum Gasteiger partial charge on any atom is 0.227 e. The molecule has 112 valence electrons. The van der Waals surface area contributed by atoms with E-state index in [0.29, 0.717) is 25.0 Å². The Balaban J connectivity index is 2.23. The molecule has 0 radical (unpaired) electrons. The summed E-state index contributed by atoms with van der Waals surface area (Å²) in [4.78, 5) is 12.3. The van der Waals surface area contributed by atoms with Crippen LogP contribution in [0.25, 0.3) is 0 Å². The molecule has 1 saturated heterocycles. The Bertz CT molecular complexity index is 271. The lowest BCUT2D eigenvalue weighted by molar-refractivity contribution is -0.132. The summed E-state index contributed by atoms with van der Waals surface area (Å²) >= 11 is 0. The van der Waals surface area contributed by atoms with E-state index >= 15 is 0 Å². The largest absolute Gasteiger partial charge is 0.380 e. The van der Waals surface area contributed by atoms with E-state index in [1.807, 2.05) is 0 Å². The van der Waals surface area contributed by atoms with E-state index in [2.05, 4.69) is 38.3 Å². The van der Waals surface area contributed by atoms with Crippen molar-refractivity contribution in [3.05, 3.63) is 0 Å². The van der Waals surface area contributed by atoms with Crippen LogP contribution in [0, 0.1) is 17.3 Å². The van der Waals surface area contributed by atoms with Gasteiger partial charge in [0, 0.05) is 19.7 Å². The molecule has 0 aromatic rings. The van der Waals surface area contributed by atoms with Crippen LogP contribution < -0.4 is 10.6 Å². The highest BCUT2D eigenvalue weighted by molar-refractivity contribution is 5.83. The summed E-state index contributed by atoms with van der Waals surface area (Å²) in [5.74, 6) is 1.22. The normalized spacial score (nSPS) is 23.3. The molecular formula is C15H30N2O2. The molecule has 19 heavy (non-hydrogen) atoms. The van der Waals surface area contributed by atoms with Crippen molar-refractivity contribution in [1.29, 1.82) is 0 Å². The minimum atomic E-state index is -0.224. The van der Waals surface area contributed by atoms with Gasteiger partial charge in [0.05, 0.1) is 12.0 Å². The van der Waals surface area contributed by atoms with Gasteiger partial charge in [0.1, 0.15) is 0 Å². The first kappa shape index (κ1) is 16.4. The number of hydrogen-bond acceptors (Lipinski definition) is 3. The number of hydrogen-bond donors (Lipinski definition) is 2. The third-order valence-corrected chi connectivity index (χ3v) is 4.12. The molecule has 0 aliphatic carbocycles. The Labute approximate surface area is 117 Å². The van der Waals surface area contributed by atoms with Crippen LogP contribution in [-0.2, 0) is 9.53 Å². The summed E-state index contributed by atoms with van der Waals surface area (Å²) in [6.45, 7) is 12.4. The van der Waals surface area contributed by atoms with Crippen molar-refractivity contribution in [1.82, 2.24) is 10.6 Å². The first-order chi connectivity index (χ1) is 8.99. The second-order valence-electron chi connectivity index (χ2n) is 6.29. The zero-order chi connectivity index (χ0) is 14.3. The van der Waals surface area contributed by atoms with Crippen LogP contribution in [0.2, 0.25) is 0 Å². The third-order valence-electron chi connectivity index (χ3n) is 4.12. The summed E-state index contributed by atoms with van der Waals surface area (Å²) < 4.78 is 5.52. The van der Waals surface area contributed by atoms with Crippen molar-refractivity contribution < 1.29 is 9.53 Å². The minimum absolute atomic E-state index is 0.181. The molecule has 4 nitrogen and oxygen atoms in total. The first-order valence-corrected chi connectivity index (χ1v) is 7.56. The Kier molecular flexibility index (Phi) is 6.80. The number of rotatable bonds is 8. The molecule has 1 heterocycles. The van der Waals surface area contributed by atoms with Gasteiger partial charge in [0.2, 0.25) is 5.91 Å². The van der Waals surface area contributed by atoms with Gasteiger partial charge in [-0.25, -0.2) is 0 Å². The zero-order valence-corrected chi connectivity index (χ0v) is 12.9. The molecule has 1 amide bonds. The topological polar surface area (TPSA) is 50.4 Å². The molecule has 1 rings (SSSR count). The van der Waals surface area contributed by atoms with Crippen LogP contribution in [0.4, 0.5) is 0 Å². The molecule has 0 saturated carbocycles. The lowest BCUT2D eigenvalue weighted by atomic mass is 9.75. The van der Waals surface area contributed by atoms with Gasteiger partial charge in [0.25, 0.3) is 0 Å². The predicted molar refractivity (Wildman–Crippen MR) is 78.0 cm³/mol. The van der Waals surface area contributed by atoms with Gasteiger partial charge < -0.3 is 15.4 Å². The van der Waals surface area contributed by atoms with Crippen LogP contribution in [0.15, 0.2) is 0 Å². The number of ether oxygens (including phenoxy) is 1. The fraction of sp³-hybridized carbons (Fsp3) is 0.933. The van der Waals surface area contributed by atoms with Gasteiger partial charge in [0.15, 0.2) is 0 Å². The summed E-state index contributed by atoms with van der Waals surface area (Å²) in [5.41, 5.74) is -0.224. The summed E-state index contributed by atoms with van der Waals surface area (Å²) in [5, 5.41) is 6.34. The summed E-state index contributed by atoms with van der Waals surface area (Å²) in [6, 6.07) is 0. The lowest BCUT2D eigenvalue weighted by Crippen LogP contribution is -2.46. The molecule has 0 aromatic carbocycles. The van der Waals surface area contributed by atoms with Crippen LogP contribution in [0.1, 0.15) is 40.5 Å². The Morgan fingerprint density at radius 1 is 1.32 bits per heavy atom. The van der Waals surface area contributed by atoms with Crippen molar-refractivity contribution in [3.63, 3.8) is 0 Å². The van der Waals surface area contributed by atoms with Crippen LogP contribution >= 0.6 is 0 Å². The highest BCUT2D eigenvalue weighted by atomic mass is 16.5. The summed E-state index contributed by atoms with van der Waals surface area (Å²) in [6.07, 6.45) is 2.01. The van der Waals surface area contributed by atoms with E-state index in [0.717, 1.165) is 32.5 Å². The van der Waals surface area contributed by atoms with Crippen LogP contribution in [0.3, 0.4) is 0 Å². The predicted octanol–water partition coefficient (Wildman–Crippen LogP) is 1.80. The van der Waals surface area contributed by atoms with Gasteiger partial charge in [-0.15, -0.1) is 0 Å². The van der Waals surface area contributed by atoms with E-state index < -0.39 is 0 Å². The molecule has 0 aromatic heterocycles. The van der Waals surface area contributed by atoms with E-state index in [1.165, 1.54) is 0 Å². The molecule has 1 atom stereocenters. The van der Waals surface area contributed by atoms with E-state index in [4.69, 9.17) is 4.74 Å². The molecule has 4 heteroatoms. The lowest BCUT2D eigenvalue weighted by Gasteiger charge is -2.31. The maximum absolute atomic E-state index is 12.3. The number of amides is 1. The second kappa shape index (κ2) is 7.85. The average molecular weight is 270 g/mol. The third kappa shape index (κ3) is 4.77. The van der Waals surface area contributed by atoms with Gasteiger partial charge in [-0.3, -0.25) is 4.79 Å². The zero-order valence-electron chi connectivity index (χ0n) is 12.9. The van der Waals surface area contributed by atoms with Gasteiger partial charge in [-0.1, -0.05) is 27.7 Å². The van der Waals surface area contributed by atoms with E-state index in [9.17, 15) is 4.79 Å². The Hall–Kier alpha value is -0.610. The molecular weight excluding hydrogens is 240 g/mol. The molecule has 1 unspecified atom stereocenters. The minimum Gasteiger partial charge on any atom is -0.380 e. The van der Waals surface area contributed by atoms with Crippen molar-refractivity contribution in [2.75, 3.05) is 32.8 Å². The highest BCUT2D eigenvalue weighted by Crippen LogP contribution is 2.34. The van der Waals surface area contributed by atoms with Crippen LogP contribution in [-0.4, -0.2) is 38.8 Å². The highest BCUT2D eigenvalue weighted by Gasteiger charge is 2.43. The first-order valence-electron chi connectivity index (χ1n) is 7.56. The monoisotopic (exact) mass is 270 g/mol. The quantitative estimate of drug-likeness (QED) is 0.661. The number of carbonyl (C=O) groups is 1. The molecule has 0 spiro atoms. The van der Waals surface area contributed by atoms with Gasteiger partial charge >= 0.3 is 0 Å². The SMILES string of the molecule is CC(C)CCOCCNC(=O)C1(C(C)C)CCNC1. The summed E-state index contributed by atoms with van der Waals surface area (Å²) in [7, 11) is 0. The maximum atomic E-state index is 12.3. The van der Waals surface area contributed by atoms with Gasteiger partial charge in [-0.2, -0.15) is 0 Å². The smallest absolute Gasteiger partial charge is 0.227 e. The number of nitrogens with one attached hydrogen (secondary N) is 2. The Morgan fingerprint density at radius 3 is 2.58 bits per heavy atom. The Morgan fingerprint density at radius 2 is 2.05 bits per heavy atom. The van der Waals surface area contributed by atoms with Crippen LogP contribution in [0.5, 0.6) is 0 Å². The van der Waals surface area contributed by atoms with E-state index in [-0.39, 0.29) is 11.3 Å². The molecule has 1 aliphatic heterocycles.